The lowest BCUT2D eigenvalue weighted by Gasteiger charge is -2.82. The maximum absolute atomic E-state index is 14.0. The molecular formula is C28H37N3O3S. The number of ether oxygens (including phenoxy) is 1. The van der Waals surface area contributed by atoms with Crippen LogP contribution in [0.25, 0.3) is 0 Å². The molecule has 2 spiro atoms. The van der Waals surface area contributed by atoms with Gasteiger partial charge in [-0.1, -0.05) is 45.3 Å². The van der Waals surface area contributed by atoms with Crippen molar-refractivity contribution >= 4 is 22.3 Å². The van der Waals surface area contributed by atoms with Crippen LogP contribution in [0.2, 0.25) is 0 Å². The van der Waals surface area contributed by atoms with E-state index in [9.17, 15) is 9.90 Å². The highest BCUT2D eigenvalue weighted by Gasteiger charge is 2.91. The highest BCUT2D eigenvalue weighted by atomic mass is 32.1. The zero-order valence-electron chi connectivity index (χ0n) is 20.8. The molecule has 7 fully saturated rings. The fraction of sp³-hybridized carbons (Fsp3) is 0.786. The van der Waals surface area contributed by atoms with Crippen LogP contribution in [0.5, 0.6) is 0 Å². The number of ketones is 1. The zero-order chi connectivity index (χ0) is 24.1. The second-order valence-corrected chi connectivity index (χ2v) is 14.6. The van der Waals surface area contributed by atoms with E-state index in [1.54, 1.807) is 11.3 Å². The zero-order valence-corrected chi connectivity index (χ0v) is 21.6. The minimum Gasteiger partial charge on any atom is -0.363 e. The van der Waals surface area contributed by atoms with Gasteiger partial charge in [0.1, 0.15) is 0 Å². The molecule has 5 saturated carbocycles. The molecule has 4 N–H and O–H groups in total. The van der Waals surface area contributed by atoms with Crippen molar-refractivity contribution < 1.29 is 14.6 Å². The molecule has 3 heterocycles. The number of allylic oxidation sites excluding steroid dienone is 1. The van der Waals surface area contributed by atoms with Gasteiger partial charge in [0.2, 0.25) is 0 Å². The molecule has 4 unspecified atom stereocenters. The molecule has 7 heteroatoms. The fourth-order valence-electron chi connectivity index (χ4n) is 10.8. The molecule has 9 rings (SSSR count). The van der Waals surface area contributed by atoms with Crippen LogP contribution in [0.1, 0.15) is 69.4 Å². The van der Waals surface area contributed by atoms with E-state index in [-0.39, 0.29) is 34.9 Å². The second-order valence-electron chi connectivity index (χ2n) is 13.5. The summed E-state index contributed by atoms with van der Waals surface area (Å²) in [6.45, 7) is 9.27. The van der Waals surface area contributed by atoms with Crippen LogP contribution >= 0.6 is 11.3 Å². The van der Waals surface area contributed by atoms with Crippen LogP contribution in [0.15, 0.2) is 12.2 Å². The number of anilines is 1. The largest absolute Gasteiger partial charge is 0.363 e. The van der Waals surface area contributed by atoms with Crippen LogP contribution in [-0.2, 0) is 21.4 Å². The number of aliphatic hydroxyl groups is 1. The molecule has 0 aromatic carbocycles. The van der Waals surface area contributed by atoms with Gasteiger partial charge in [-0.15, -0.1) is 11.3 Å². The Morgan fingerprint density at radius 2 is 1.97 bits per heavy atom. The number of fused-ring (bicyclic) bond motifs is 2. The average Bonchev–Trinajstić information content (AvgIpc) is 3.21. The van der Waals surface area contributed by atoms with Crippen LogP contribution in [0, 0.1) is 40.4 Å². The summed E-state index contributed by atoms with van der Waals surface area (Å²) in [6.07, 6.45) is 9.17. The maximum Gasteiger partial charge on any atom is 0.194 e. The number of nitrogens with one attached hydrogen (secondary N) is 1. The SMILES string of the molecule is C=C1C2CCC3[C@@]45CO[C@](O)([C@@H](N)C4C(C)(C)Cc4sc(NC6CCCCC6)nc45)[C@]34C(=O)C1[C@H]24. The molecule has 2 aliphatic heterocycles. The van der Waals surface area contributed by atoms with E-state index in [0.29, 0.717) is 18.6 Å². The molecule has 2 bridgehead atoms. The third-order valence-corrected chi connectivity index (χ3v) is 12.8. The van der Waals surface area contributed by atoms with Gasteiger partial charge in [0.25, 0.3) is 0 Å². The van der Waals surface area contributed by atoms with Gasteiger partial charge in [0.05, 0.1) is 23.8 Å². The van der Waals surface area contributed by atoms with Gasteiger partial charge < -0.3 is 20.9 Å². The summed E-state index contributed by atoms with van der Waals surface area (Å²) in [6, 6.07) is -0.111. The summed E-state index contributed by atoms with van der Waals surface area (Å²) in [7, 11) is 0. The number of rotatable bonds is 2. The van der Waals surface area contributed by atoms with Gasteiger partial charge in [-0.25, -0.2) is 4.98 Å². The minimum atomic E-state index is -1.59. The van der Waals surface area contributed by atoms with Crippen molar-refractivity contribution in [2.45, 2.75) is 88.5 Å². The summed E-state index contributed by atoms with van der Waals surface area (Å²) < 4.78 is 6.44. The number of thiazole rings is 1. The lowest BCUT2D eigenvalue weighted by atomic mass is 9.23. The van der Waals surface area contributed by atoms with Crippen molar-refractivity contribution in [2.75, 3.05) is 11.9 Å². The normalized spacial score (nSPS) is 50.9. The number of Topliss-reactive ketones (excluding diaryl/α,β-unsaturated/α-hetero) is 1. The molecule has 188 valence electrons. The topological polar surface area (TPSA) is 97.5 Å². The van der Waals surface area contributed by atoms with Gasteiger partial charge in [-0.3, -0.25) is 4.79 Å². The van der Waals surface area contributed by atoms with E-state index in [4.69, 9.17) is 15.5 Å². The molecular weight excluding hydrogens is 458 g/mol. The molecule has 6 nitrogen and oxygen atoms in total. The van der Waals surface area contributed by atoms with E-state index in [1.807, 2.05) is 0 Å². The summed E-state index contributed by atoms with van der Waals surface area (Å²) in [5.41, 5.74) is 7.81. The molecule has 0 amide bonds. The Balaban J connectivity index is 1.30. The minimum absolute atomic E-state index is 0.0215. The second kappa shape index (κ2) is 6.40. The first-order valence-corrected chi connectivity index (χ1v) is 14.6. The van der Waals surface area contributed by atoms with Gasteiger partial charge in [0, 0.05) is 22.3 Å². The van der Waals surface area contributed by atoms with Crippen molar-refractivity contribution in [3.8, 4) is 0 Å². The summed E-state index contributed by atoms with van der Waals surface area (Å²) in [5.74, 6) is -1.06. The summed E-state index contributed by atoms with van der Waals surface area (Å²) >= 11 is 1.81. The predicted octanol–water partition coefficient (Wildman–Crippen LogP) is 3.78. The van der Waals surface area contributed by atoms with Crippen LogP contribution in [0.4, 0.5) is 5.13 Å². The predicted molar refractivity (Wildman–Crippen MR) is 134 cm³/mol. The third-order valence-electron chi connectivity index (χ3n) is 11.8. The number of nitrogens with two attached hydrogens (primary N) is 1. The summed E-state index contributed by atoms with van der Waals surface area (Å²) in [5, 5.41) is 17.1. The first-order valence-electron chi connectivity index (χ1n) is 13.8. The summed E-state index contributed by atoms with van der Waals surface area (Å²) in [4.78, 5) is 20.6. The number of carbonyl (C=O) groups is 1. The Labute approximate surface area is 211 Å². The van der Waals surface area contributed by atoms with E-state index in [1.165, 1.54) is 37.0 Å². The first-order chi connectivity index (χ1) is 16.7. The lowest BCUT2D eigenvalue weighted by Crippen LogP contribution is -2.93. The molecule has 2 saturated heterocycles. The standard InChI is InChI=1S/C28H37N3O3S/c1-13-15-9-10-17-26-12-34-28(33,27(17)19(15)18(13)23(27)32)21(29)20(26)25(2,3)11-16-22(26)31-24(35-16)30-14-7-5-4-6-8-14/h14-15,17-21,33H,1,4-12,29H2,2-3H3,(H,30,31)/t15?,17?,18?,19-,20?,21-,26-,27+,28+/m0/s1. The van der Waals surface area contributed by atoms with E-state index in [0.717, 1.165) is 35.7 Å². The van der Waals surface area contributed by atoms with E-state index >= 15 is 0 Å². The fourth-order valence-corrected chi connectivity index (χ4v) is 12.2. The molecule has 6 aliphatic carbocycles. The molecule has 1 aromatic heterocycles. The molecule has 0 radical (unpaired) electrons. The van der Waals surface area contributed by atoms with Gasteiger partial charge in [0.15, 0.2) is 16.7 Å². The Bertz CT molecular complexity index is 1170. The monoisotopic (exact) mass is 495 g/mol. The van der Waals surface area contributed by atoms with Crippen LogP contribution in [0.3, 0.4) is 0 Å². The molecule has 8 aliphatic rings. The van der Waals surface area contributed by atoms with Crippen molar-refractivity contribution in [1.82, 2.24) is 4.98 Å². The number of hydrogen-bond donors (Lipinski definition) is 3. The Morgan fingerprint density at radius 1 is 1.20 bits per heavy atom. The van der Waals surface area contributed by atoms with Crippen molar-refractivity contribution in [3.05, 3.63) is 22.7 Å². The number of carbonyl (C=O) groups excluding carboxylic acids is 1. The molecule has 35 heavy (non-hydrogen) atoms. The number of aromatic nitrogens is 1. The average molecular weight is 496 g/mol. The maximum atomic E-state index is 14.0. The quantitative estimate of drug-likeness (QED) is 0.540. The third kappa shape index (κ3) is 2.12. The Kier molecular flexibility index (Phi) is 3.98. The highest BCUT2D eigenvalue weighted by molar-refractivity contribution is 7.15. The number of hydrogen-bond acceptors (Lipinski definition) is 7. The highest BCUT2D eigenvalue weighted by Crippen LogP contribution is 2.83. The van der Waals surface area contributed by atoms with E-state index in [2.05, 4.69) is 25.7 Å². The molecule has 9 atom stereocenters. The van der Waals surface area contributed by atoms with Gasteiger partial charge >= 0.3 is 0 Å². The van der Waals surface area contributed by atoms with Crippen molar-refractivity contribution in [2.24, 2.45) is 46.2 Å². The van der Waals surface area contributed by atoms with E-state index < -0.39 is 22.7 Å². The van der Waals surface area contributed by atoms with Gasteiger partial charge in [-0.05, 0) is 61.2 Å². The Hall–Kier alpha value is -1.28. The number of nitrogens with zero attached hydrogens (tertiary/aromatic N) is 1. The first kappa shape index (κ1) is 21.8. The van der Waals surface area contributed by atoms with Gasteiger partial charge in [-0.2, -0.15) is 0 Å². The lowest BCUT2D eigenvalue weighted by molar-refractivity contribution is -0.424. The van der Waals surface area contributed by atoms with Crippen molar-refractivity contribution in [1.29, 1.82) is 0 Å². The van der Waals surface area contributed by atoms with Crippen LogP contribution in [-0.4, -0.2) is 40.4 Å². The smallest absolute Gasteiger partial charge is 0.194 e. The van der Waals surface area contributed by atoms with Crippen LogP contribution < -0.4 is 11.1 Å². The Morgan fingerprint density at radius 3 is 2.74 bits per heavy atom. The van der Waals surface area contributed by atoms with Crippen molar-refractivity contribution in [3.63, 3.8) is 0 Å². The molecule has 1 aromatic rings.